The molecular formula is C16H23N3O5. The van der Waals surface area contributed by atoms with Gasteiger partial charge in [0.2, 0.25) is 5.91 Å². The molecule has 24 heavy (non-hydrogen) atoms. The van der Waals surface area contributed by atoms with E-state index in [1.54, 1.807) is 20.8 Å². The van der Waals surface area contributed by atoms with Crippen molar-refractivity contribution < 1.29 is 23.9 Å². The summed E-state index contributed by atoms with van der Waals surface area (Å²) in [5.74, 6) is -0.802. The van der Waals surface area contributed by atoms with Crippen LogP contribution in [0.4, 0.5) is 9.59 Å². The molecule has 0 radical (unpaired) electrons. The van der Waals surface area contributed by atoms with Gasteiger partial charge in [-0.05, 0) is 26.3 Å². The molecule has 0 saturated heterocycles. The molecule has 0 aromatic heterocycles. The minimum atomic E-state index is -1.11. The lowest BCUT2D eigenvalue weighted by Gasteiger charge is -2.22. The summed E-state index contributed by atoms with van der Waals surface area (Å²) < 4.78 is 10.0. The van der Waals surface area contributed by atoms with E-state index >= 15 is 0 Å². The molecule has 0 fully saturated rings. The summed E-state index contributed by atoms with van der Waals surface area (Å²) in [6.45, 7) is 4.94. The van der Waals surface area contributed by atoms with Crippen LogP contribution in [0.5, 0.6) is 0 Å². The molecular weight excluding hydrogens is 314 g/mol. The Morgan fingerprint density at radius 2 is 1.75 bits per heavy atom. The molecule has 1 aromatic rings. The van der Waals surface area contributed by atoms with Crippen LogP contribution in [0.2, 0.25) is 0 Å². The zero-order chi connectivity index (χ0) is 18.2. The predicted molar refractivity (Wildman–Crippen MR) is 87.0 cm³/mol. The summed E-state index contributed by atoms with van der Waals surface area (Å²) in [6, 6.07) is 8.01. The highest BCUT2D eigenvalue weighted by Gasteiger charge is 2.23. The highest BCUT2D eigenvalue weighted by atomic mass is 16.6. The third-order valence-electron chi connectivity index (χ3n) is 2.70. The smallest absolute Gasteiger partial charge is 0.408 e. The van der Waals surface area contributed by atoms with E-state index in [-0.39, 0.29) is 13.2 Å². The quantitative estimate of drug-likeness (QED) is 0.722. The van der Waals surface area contributed by atoms with E-state index in [9.17, 15) is 14.4 Å². The van der Waals surface area contributed by atoms with Crippen LogP contribution >= 0.6 is 0 Å². The van der Waals surface area contributed by atoms with Gasteiger partial charge in [-0.15, -0.1) is 0 Å². The number of rotatable bonds is 6. The summed E-state index contributed by atoms with van der Waals surface area (Å²) in [6.07, 6.45) is -1.53. The van der Waals surface area contributed by atoms with Crippen molar-refractivity contribution in [3.63, 3.8) is 0 Å². The molecule has 0 aliphatic rings. The van der Waals surface area contributed by atoms with Gasteiger partial charge in [-0.2, -0.15) is 0 Å². The van der Waals surface area contributed by atoms with E-state index in [1.165, 1.54) is 0 Å². The second-order valence-corrected chi connectivity index (χ2v) is 6.04. The first-order valence-electron chi connectivity index (χ1n) is 7.41. The standard InChI is InChI=1S/C16H23N3O5/c1-16(2,3)24-15(22)19-12(13(17)20)9-18-14(21)23-10-11-7-5-4-6-8-11/h4-8,12H,9-10H2,1-3H3,(H2,17,20)(H,18,21)(H,19,22). The maximum absolute atomic E-state index is 11.6. The molecule has 0 spiro atoms. The number of carbonyl (C=O) groups excluding carboxylic acids is 3. The van der Waals surface area contributed by atoms with Crippen molar-refractivity contribution in [2.75, 3.05) is 6.54 Å². The highest BCUT2D eigenvalue weighted by molar-refractivity contribution is 5.85. The van der Waals surface area contributed by atoms with E-state index < -0.39 is 29.7 Å². The Labute approximate surface area is 140 Å². The molecule has 0 aliphatic heterocycles. The number of hydrogen-bond acceptors (Lipinski definition) is 5. The molecule has 8 nitrogen and oxygen atoms in total. The minimum Gasteiger partial charge on any atom is -0.445 e. The van der Waals surface area contributed by atoms with Crippen molar-refractivity contribution in [3.05, 3.63) is 35.9 Å². The van der Waals surface area contributed by atoms with Crippen LogP contribution in [0.3, 0.4) is 0 Å². The zero-order valence-electron chi connectivity index (χ0n) is 14.0. The Kier molecular flexibility index (Phi) is 7.03. The van der Waals surface area contributed by atoms with E-state index in [0.29, 0.717) is 0 Å². The van der Waals surface area contributed by atoms with E-state index in [1.807, 2.05) is 30.3 Å². The monoisotopic (exact) mass is 337 g/mol. The molecule has 1 unspecified atom stereocenters. The number of carbonyl (C=O) groups is 3. The summed E-state index contributed by atoms with van der Waals surface area (Å²) in [5, 5.41) is 4.67. The largest absolute Gasteiger partial charge is 0.445 e. The lowest BCUT2D eigenvalue weighted by molar-refractivity contribution is -0.119. The molecule has 0 saturated carbocycles. The molecule has 0 bridgehead atoms. The summed E-state index contributed by atoms with van der Waals surface area (Å²) in [5.41, 5.74) is 5.31. The fraction of sp³-hybridized carbons (Fsp3) is 0.438. The first kappa shape index (κ1) is 19.3. The number of primary amides is 1. The third kappa shape index (κ3) is 8.02. The van der Waals surface area contributed by atoms with Gasteiger partial charge in [0.25, 0.3) is 0 Å². The van der Waals surface area contributed by atoms with Crippen LogP contribution in [-0.2, 0) is 20.9 Å². The van der Waals surface area contributed by atoms with Crippen molar-refractivity contribution in [1.29, 1.82) is 0 Å². The number of hydrogen-bond donors (Lipinski definition) is 3. The topological polar surface area (TPSA) is 120 Å². The average Bonchev–Trinajstić information content (AvgIpc) is 2.48. The van der Waals surface area contributed by atoms with Crippen molar-refractivity contribution in [3.8, 4) is 0 Å². The number of alkyl carbamates (subject to hydrolysis) is 2. The van der Waals surface area contributed by atoms with E-state index in [4.69, 9.17) is 15.2 Å². The maximum atomic E-state index is 11.6. The van der Waals surface area contributed by atoms with Gasteiger partial charge in [-0.1, -0.05) is 30.3 Å². The normalized spacial score (nSPS) is 12.0. The molecule has 1 atom stereocenters. The van der Waals surface area contributed by atoms with Crippen LogP contribution < -0.4 is 16.4 Å². The molecule has 132 valence electrons. The molecule has 1 rings (SSSR count). The number of benzene rings is 1. The molecule has 4 N–H and O–H groups in total. The van der Waals surface area contributed by atoms with Gasteiger partial charge in [-0.3, -0.25) is 4.79 Å². The minimum absolute atomic E-state index is 0.0907. The molecule has 0 aliphatic carbocycles. The number of nitrogens with two attached hydrogens (primary N) is 1. The van der Waals surface area contributed by atoms with Gasteiger partial charge < -0.3 is 25.8 Å². The van der Waals surface area contributed by atoms with Gasteiger partial charge in [0.05, 0.1) is 6.54 Å². The Hall–Kier alpha value is -2.77. The number of nitrogens with one attached hydrogen (secondary N) is 2. The molecule has 1 aromatic carbocycles. The van der Waals surface area contributed by atoms with Gasteiger partial charge >= 0.3 is 12.2 Å². The van der Waals surface area contributed by atoms with E-state index in [2.05, 4.69) is 10.6 Å². The van der Waals surface area contributed by atoms with Gasteiger partial charge in [-0.25, -0.2) is 9.59 Å². The molecule has 3 amide bonds. The van der Waals surface area contributed by atoms with Crippen LogP contribution in [0, 0.1) is 0 Å². The summed E-state index contributed by atoms with van der Waals surface area (Å²) in [7, 11) is 0. The molecule has 8 heteroatoms. The summed E-state index contributed by atoms with van der Waals surface area (Å²) in [4.78, 5) is 34.6. The number of ether oxygens (including phenoxy) is 2. The number of amides is 3. The third-order valence-corrected chi connectivity index (χ3v) is 2.70. The van der Waals surface area contributed by atoms with Gasteiger partial charge in [0, 0.05) is 0 Å². The average molecular weight is 337 g/mol. The van der Waals surface area contributed by atoms with Crippen molar-refractivity contribution in [2.24, 2.45) is 5.73 Å². The van der Waals surface area contributed by atoms with Crippen molar-refractivity contribution in [2.45, 2.75) is 39.0 Å². The lowest BCUT2D eigenvalue weighted by Crippen LogP contribution is -2.52. The van der Waals surface area contributed by atoms with Crippen molar-refractivity contribution in [1.82, 2.24) is 10.6 Å². The zero-order valence-corrected chi connectivity index (χ0v) is 14.0. The Morgan fingerprint density at radius 1 is 1.12 bits per heavy atom. The summed E-state index contributed by atoms with van der Waals surface area (Å²) >= 11 is 0. The SMILES string of the molecule is CC(C)(C)OC(=O)NC(CNC(=O)OCc1ccccc1)C(N)=O. The van der Waals surface area contributed by atoms with Crippen LogP contribution in [-0.4, -0.2) is 36.3 Å². The predicted octanol–water partition coefficient (Wildman–Crippen LogP) is 1.29. The Bertz CT molecular complexity index is 569. The second-order valence-electron chi connectivity index (χ2n) is 6.04. The lowest BCUT2D eigenvalue weighted by atomic mass is 10.2. The van der Waals surface area contributed by atoms with Crippen LogP contribution in [0.15, 0.2) is 30.3 Å². The van der Waals surface area contributed by atoms with E-state index in [0.717, 1.165) is 5.56 Å². The highest BCUT2D eigenvalue weighted by Crippen LogP contribution is 2.06. The molecule has 0 heterocycles. The van der Waals surface area contributed by atoms with Crippen LogP contribution in [0.1, 0.15) is 26.3 Å². The van der Waals surface area contributed by atoms with Crippen molar-refractivity contribution >= 4 is 18.1 Å². The first-order chi connectivity index (χ1) is 11.2. The Balaban J connectivity index is 2.41. The fourth-order valence-electron chi connectivity index (χ4n) is 1.63. The van der Waals surface area contributed by atoms with Gasteiger partial charge in [0.15, 0.2) is 0 Å². The first-order valence-corrected chi connectivity index (χ1v) is 7.41. The maximum Gasteiger partial charge on any atom is 0.408 e. The fourth-order valence-corrected chi connectivity index (χ4v) is 1.63. The Morgan fingerprint density at radius 3 is 2.29 bits per heavy atom. The van der Waals surface area contributed by atoms with Crippen LogP contribution in [0.25, 0.3) is 0 Å². The second kappa shape index (κ2) is 8.76. The van der Waals surface area contributed by atoms with Gasteiger partial charge in [0.1, 0.15) is 18.2 Å².